The lowest BCUT2D eigenvalue weighted by molar-refractivity contribution is -0.870. The van der Waals surface area contributed by atoms with Crippen LogP contribution in [0.15, 0.2) is 18.2 Å². The first-order chi connectivity index (χ1) is 8.19. The van der Waals surface area contributed by atoms with Crippen molar-refractivity contribution in [2.45, 2.75) is 0 Å². The van der Waals surface area contributed by atoms with Crippen LogP contribution in [0.3, 0.4) is 0 Å². The first-order valence-electron chi connectivity index (χ1n) is 5.29. The van der Waals surface area contributed by atoms with Crippen molar-refractivity contribution in [3.63, 3.8) is 0 Å². The van der Waals surface area contributed by atoms with Gasteiger partial charge in [-0.3, -0.25) is 0 Å². The van der Waals surface area contributed by atoms with Crippen molar-refractivity contribution < 1.29 is 24.6 Å². The summed E-state index contributed by atoms with van der Waals surface area (Å²) in [6, 6.07) is 4.03. The average Bonchev–Trinajstić information content (AvgIpc) is 2.20. The number of aromatic carboxylic acids is 1. The van der Waals surface area contributed by atoms with Gasteiger partial charge in [0, 0.05) is 5.56 Å². The van der Waals surface area contributed by atoms with E-state index in [0.717, 1.165) is 11.0 Å². The summed E-state index contributed by atoms with van der Waals surface area (Å²) in [5.74, 6) is -1.89. The number of carboxylic acid groups (broad SMARTS) is 1. The Labute approximate surface area is 111 Å². The van der Waals surface area contributed by atoms with E-state index < -0.39 is 11.7 Å². The van der Waals surface area contributed by atoms with Gasteiger partial charge in [-0.25, -0.2) is 0 Å². The molecule has 0 radical (unpaired) electrons. The van der Waals surface area contributed by atoms with Crippen molar-refractivity contribution in [3.05, 3.63) is 28.8 Å². The SMILES string of the molecule is C[N+](C)(C)CCO.O=C([O-])c1cccc(Cl)c1O. The highest BCUT2D eigenvalue weighted by Gasteiger charge is 2.04. The minimum Gasteiger partial charge on any atom is -0.545 e. The summed E-state index contributed by atoms with van der Waals surface area (Å²) in [7, 11) is 6.16. The Morgan fingerprint density at radius 3 is 2.22 bits per heavy atom. The molecule has 0 fully saturated rings. The van der Waals surface area contributed by atoms with Gasteiger partial charge in [-0.2, -0.15) is 0 Å². The van der Waals surface area contributed by atoms with E-state index in [0.29, 0.717) is 0 Å². The van der Waals surface area contributed by atoms with Crippen molar-refractivity contribution in [1.82, 2.24) is 0 Å². The maximum absolute atomic E-state index is 10.2. The van der Waals surface area contributed by atoms with Gasteiger partial charge >= 0.3 is 0 Å². The lowest BCUT2D eigenvalue weighted by atomic mass is 10.2. The summed E-state index contributed by atoms with van der Waals surface area (Å²) >= 11 is 5.42. The zero-order valence-corrected chi connectivity index (χ0v) is 11.4. The standard InChI is InChI=1S/C7H5ClO3.C5H14NO/c8-5-3-1-2-4(6(5)9)7(10)11;1-6(2,3)4-5-7/h1-3,9H,(H,10,11);7H,4-5H2,1-3H3/q;+1/p-1. The summed E-state index contributed by atoms with van der Waals surface area (Å²) in [4.78, 5) is 10.2. The molecule has 1 aromatic rings. The van der Waals surface area contributed by atoms with E-state index >= 15 is 0 Å². The Morgan fingerprint density at radius 1 is 1.39 bits per heavy atom. The van der Waals surface area contributed by atoms with Crippen LogP contribution in [0, 0.1) is 0 Å². The van der Waals surface area contributed by atoms with Gasteiger partial charge in [0.1, 0.15) is 12.3 Å². The van der Waals surface area contributed by atoms with E-state index in [1.165, 1.54) is 18.2 Å². The van der Waals surface area contributed by atoms with Gasteiger partial charge < -0.3 is 24.6 Å². The predicted molar refractivity (Wildman–Crippen MR) is 67.4 cm³/mol. The molecular formula is C12H18ClNO4. The second-order valence-electron chi connectivity index (χ2n) is 4.66. The number of phenols is 1. The number of benzene rings is 1. The number of hydrogen-bond donors (Lipinski definition) is 2. The molecule has 0 aromatic heterocycles. The topological polar surface area (TPSA) is 80.6 Å². The normalized spacial score (nSPS) is 10.5. The lowest BCUT2D eigenvalue weighted by Gasteiger charge is -2.21. The molecule has 0 atom stereocenters. The zero-order valence-electron chi connectivity index (χ0n) is 10.7. The van der Waals surface area contributed by atoms with Crippen LogP contribution in [0.2, 0.25) is 5.02 Å². The van der Waals surface area contributed by atoms with Crippen LogP contribution in [0.25, 0.3) is 0 Å². The first kappa shape index (κ1) is 16.7. The summed E-state index contributed by atoms with van der Waals surface area (Å²) in [6.45, 7) is 1.11. The molecule has 6 heteroatoms. The van der Waals surface area contributed by atoms with E-state index in [1.54, 1.807) is 0 Å². The van der Waals surface area contributed by atoms with E-state index in [2.05, 4.69) is 21.1 Å². The summed E-state index contributed by atoms with van der Waals surface area (Å²) in [5, 5.41) is 27.7. The number of carbonyl (C=O) groups is 1. The molecule has 0 aliphatic carbocycles. The van der Waals surface area contributed by atoms with Crippen LogP contribution in [0.4, 0.5) is 0 Å². The number of para-hydroxylation sites is 1. The minimum absolute atomic E-state index is 0.00620. The number of likely N-dealkylation sites (N-methyl/N-ethyl adjacent to an activating group) is 1. The molecule has 5 nitrogen and oxygen atoms in total. The molecule has 0 saturated carbocycles. The number of halogens is 1. The fraction of sp³-hybridized carbons (Fsp3) is 0.417. The average molecular weight is 276 g/mol. The number of quaternary nitrogens is 1. The largest absolute Gasteiger partial charge is 0.545 e. The second kappa shape index (κ2) is 7.20. The maximum Gasteiger partial charge on any atom is 0.143 e. The van der Waals surface area contributed by atoms with Gasteiger partial charge in [0.25, 0.3) is 0 Å². The number of rotatable bonds is 3. The molecule has 0 aliphatic rings. The van der Waals surface area contributed by atoms with Crippen LogP contribution in [-0.4, -0.2) is 55.0 Å². The van der Waals surface area contributed by atoms with Crippen molar-refractivity contribution in [2.75, 3.05) is 34.3 Å². The maximum atomic E-state index is 10.2. The molecule has 0 unspecified atom stereocenters. The van der Waals surface area contributed by atoms with E-state index in [-0.39, 0.29) is 17.2 Å². The molecule has 0 saturated heterocycles. The Kier molecular flexibility index (Phi) is 6.68. The van der Waals surface area contributed by atoms with Crippen molar-refractivity contribution in [2.24, 2.45) is 0 Å². The Morgan fingerprint density at radius 2 is 1.94 bits per heavy atom. The summed E-state index contributed by atoms with van der Waals surface area (Å²) in [5.41, 5.74) is -0.294. The number of hydrogen-bond acceptors (Lipinski definition) is 4. The molecule has 102 valence electrons. The van der Waals surface area contributed by atoms with E-state index in [4.69, 9.17) is 21.8 Å². The molecular weight excluding hydrogens is 258 g/mol. The van der Waals surface area contributed by atoms with Crippen molar-refractivity contribution in [3.8, 4) is 5.75 Å². The smallest absolute Gasteiger partial charge is 0.143 e. The molecule has 2 N–H and O–H groups in total. The molecule has 18 heavy (non-hydrogen) atoms. The fourth-order valence-electron chi connectivity index (χ4n) is 0.980. The van der Waals surface area contributed by atoms with Crippen LogP contribution < -0.4 is 5.11 Å². The van der Waals surface area contributed by atoms with Gasteiger partial charge in [0.05, 0.1) is 38.7 Å². The molecule has 0 heterocycles. The van der Waals surface area contributed by atoms with Gasteiger partial charge in [-0.15, -0.1) is 0 Å². The van der Waals surface area contributed by atoms with Crippen LogP contribution in [0.5, 0.6) is 5.75 Å². The minimum atomic E-state index is -1.44. The fourth-order valence-corrected chi connectivity index (χ4v) is 1.15. The summed E-state index contributed by atoms with van der Waals surface area (Å²) in [6.07, 6.45) is 0. The highest BCUT2D eigenvalue weighted by atomic mass is 35.5. The van der Waals surface area contributed by atoms with Gasteiger partial charge in [-0.05, 0) is 12.1 Å². The number of aliphatic hydroxyl groups is 1. The highest BCUT2D eigenvalue weighted by molar-refractivity contribution is 6.32. The molecule has 0 spiro atoms. The van der Waals surface area contributed by atoms with Gasteiger partial charge in [-0.1, -0.05) is 17.7 Å². The van der Waals surface area contributed by atoms with Crippen LogP contribution >= 0.6 is 11.6 Å². The lowest BCUT2D eigenvalue weighted by Crippen LogP contribution is -2.36. The van der Waals surface area contributed by atoms with Crippen molar-refractivity contribution in [1.29, 1.82) is 0 Å². The van der Waals surface area contributed by atoms with E-state index in [1.807, 2.05) is 0 Å². The van der Waals surface area contributed by atoms with Gasteiger partial charge in [0.2, 0.25) is 0 Å². The highest BCUT2D eigenvalue weighted by Crippen LogP contribution is 2.25. The first-order valence-corrected chi connectivity index (χ1v) is 5.67. The Balaban J connectivity index is 0.000000360. The third-order valence-corrected chi connectivity index (χ3v) is 2.28. The number of carbonyl (C=O) groups excluding carboxylic acids is 1. The summed E-state index contributed by atoms with van der Waals surface area (Å²) < 4.78 is 0.844. The predicted octanol–water partition coefficient (Wildman–Crippen LogP) is 0.0940. The number of nitrogens with zero attached hydrogens (tertiary/aromatic N) is 1. The van der Waals surface area contributed by atoms with Crippen LogP contribution in [0.1, 0.15) is 10.4 Å². The Hall–Kier alpha value is -1.30. The molecule has 0 aliphatic heterocycles. The third-order valence-electron chi connectivity index (χ3n) is 1.98. The quantitative estimate of drug-likeness (QED) is 0.767. The molecule has 1 rings (SSSR count). The number of aromatic hydroxyl groups is 1. The zero-order chi connectivity index (χ0) is 14.3. The van der Waals surface area contributed by atoms with Crippen molar-refractivity contribution >= 4 is 17.6 Å². The third kappa shape index (κ3) is 6.44. The Bertz CT molecular complexity index is 402. The van der Waals surface area contributed by atoms with Gasteiger partial charge in [0.15, 0.2) is 0 Å². The molecule has 0 amide bonds. The monoisotopic (exact) mass is 275 g/mol. The number of aliphatic hydroxyl groups excluding tert-OH is 1. The second-order valence-corrected chi connectivity index (χ2v) is 5.07. The molecule has 1 aromatic carbocycles. The molecule has 0 bridgehead atoms. The van der Waals surface area contributed by atoms with Crippen LogP contribution in [-0.2, 0) is 0 Å². The van der Waals surface area contributed by atoms with E-state index in [9.17, 15) is 9.90 Å². The number of carboxylic acids is 1.